The highest BCUT2D eigenvalue weighted by molar-refractivity contribution is 7.92. The number of halogens is 2. The first-order chi connectivity index (χ1) is 9.51. The quantitative estimate of drug-likeness (QED) is 0.646. The number of hydrogen-bond acceptors (Lipinski definition) is 5. The van der Waals surface area contributed by atoms with E-state index in [2.05, 4.69) is 4.72 Å². The van der Waals surface area contributed by atoms with E-state index < -0.39 is 25.9 Å². The van der Waals surface area contributed by atoms with Crippen molar-refractivity contribution in [2.45, 2.75) is 24.3 Å². The number of anilines is 1. The highest BCUT2D eigenvalue weighted by atomic mass is 35.5. The molecule has 0 fully saturated rings. The smallest absolute Gasteiger partial charge is 0.240 e. The molecule has 0 aliphatic heterocycles. The molecular weight excluding hydrogens is 357 g/mol. The first-order valence-electron chi connectivity index (χ1n) is 6.04. The Morgan fingerprint density at radius 2 is 1.86 bits per heavy atom. The van der Waals surface area contributed by atoms with Crippen LogP contribution in [0.4, 0.5) is 10.1 Å². The van der Waals surface area contributed by atoms with Gasteiger partial charge in [-0.25, -0.2) is 25.9 Å². The predicted octanol–water partition coefficient (Wildman–Crippen LogP) is 0.635. The van der Waals surface area contributed by atoms with Gasteiger partial charge in [-0.15, -0.1) is 12.4 Å². The van der Waals surface area contributed by atoms with Crippen molar-refractivity contribution >= 4 is 38.1 Å². The molecule has 0 amide bonds. The van der Waals surface area contributed by atoms with Gasteiger partial charge in [0.2, 0.25) is 20.0 Å². The maximum Gasteiger partial charge on any atom is 0.240 e. The van der Waals surface area contributed by atoms with Gasteiger partial charge in [-0.1, -0.05) is 0 Å². The summed E-state index contributed by atoms with van der Waals surface area (Å²) in [5, 5.41) is 0. The van der Waals surface area contributed by atoms with Gasteiger partial charge in [0.25, 0.3) is 0 Å². The monoisotopic (exact) mass is 375 g/mol. The Balaban J connectivity index is 0.00000441. The molecule has 11 heteroatoms. The lowest BCUT2D eigenvalue weighted by atomic mass is 10.3. The summed E-state index contributed by atoms with van der Waals surface area (Å²) in [5.74, 6) is -0.976. The summed E-state index contributed by atoms with van der Waals surface area (Å²) in [6.07, 6.45) is 1.31. The Kier molecular flexibility index (Phi) is 7.72. The molecule has 1 aromatic carbocycles. The van der Waals surface area contributed by atoms with Crippen molar-refractivity contribution in [1.82, 2.24) is 4.72 Å². The van der Waals surface area contributed by atoms with E-state index in [4.69, 9.17) is 5.73 Å². The molecule has 4 N–H and O–H groups in total. The lowest BCUT2D eigenvalue weighted by Crippen LogP contribution is -2.29. The minimum Gasteiger partial charge on any atom is -0.328 e. The fraction of sp³-hybridized carbons (Fsp3) is 0.455. The van der Waals surface area contributed by atoms with E-state index in [0.717, 1.165) is 24.5 Å². The van der Waals surface area contributed by atoms with Crippen LogP contribution in [0.3, 0.4) is 0 Å². The van der Waals surface area contributed by atoms with E-state index in [-0.39, 0.29) is 35.6 Å². The fourth-order valence-corrected chi connectivity index (χ4v) is 3.07. The van der Waals surface area contributed by atoms with E-state index >= 15 is 0 Å². The molecule has 128 valence electrons. The lowest BCUT2D eigenvalue weighted by Gasteiger charge is -2.10. The molecular formula is C11H19ClFN3O4S2. The Hall–Kier alpha value is -0.940. The maximum absolute atomic E-state index is 13.7. The van der Waals surface area contributed by atoms with Crippen LogP contribution in [0.15, 0.2) is 23.1 Å². The van der Waals surface area contributed by atoms with Crippen molar-refractivity contribution in [3.63, 3.8) is 0 Å². The molecule has 1 atom stereocenters. The van der Waals surface area contributed by atoms with Crippen LogP contribution >= 0.6 is 12.4 Å². The third kappa shape index (κ3) is 6.88. The zero-order valence-corrected chi connectivity index (χ0v) is 14.5. The van der Waals surface area contributed by atoms with Crippen LogP contribution in [0.25, 0.3) is 0 Å². The van der Waals surface area contributed by atoms with Crippen molar-refractivity contribution in [3.05, 3.63) is 24.0 Å². The molecule has 1 aromatic rings. The largest absolute Gasteiger partial charge is 0.328 e. The fourth-order valence-electron chi connectivity index (χ4n) is 1.45. The third-order valence-electron chi connectivity index (χ3n) is 2.44. The summed E-state index contributed by atoms with van der Waals surface area (Å²) in [4.78, 5) is -0.288. The highest BCUT2D eigenvalue weighted by Crippen LogP contribution is 2.19. The second-order valence-corrected chi connectivity index (χ2v) is 8.20. The topological polar surface area (TPSA) is 118 Å². The van der Waals surface area contributed by atoms with Crippen molar-refractivity contribution in [2.24, 2.45) is 5.73 Å². The van der Waals surface area contributed by atoms with Gasteiger partial charge in [0, 0.05) is 12.6 Å². The average molecular weight is 376 g/mol. The van der Waals surface area contributed by atoms with Crippen LogP contribution in [-0.2, 0) is 20.0 Å². The third-order valence-corrected chi connectivity index (χ3v) is 4.49. The van der Waals surface area contributed by atoms with Gasteiger partial charge in [0.05, 0.1) is 16.8 Å². The standard InChI is InChI=1S/C11H18FN3O4S2.ClH/c1-8(13)5-6-14-21(18,19)9-3-4-11(10(12)7-9)15-20(2,16)17;/h3-4,7-8,14-15H,5-6,13H2,1-2H3;1H. The number of hydrogen-bond donors (Lipinski definition) is 3. The molecule has 0 aliphatic rings. The van der Waals surface area contributed by atoms with Gasteiger partial charge in [0.15, 0.2) is 0 Å². The van der Waals surface area contributed by atoms with E-state index in [9.17, 15) is 21.2 Å². The maximum atomic E-state index is 13.7. The Labute approximate surface area is 136 Å². The van der Waals surface area contributed by atoms with Gasteiger partial charge in [-0.3, -0.25) is 4.72 Å². The van der Waals surface area contributed by atoms with Gasteiger partial charge >= 0.3 is 0 Å². The predicted molar refractivity (Wildman–Crippen MR) is 85.6 cm³/mol. The van der Waals surface area contributed by atoms with Crippen LogP contribution in [0.1, 0.15) is 13.3 Å². The summed E-state index contributed by atoms with van der Waals surface area (Å²) in [6, 6.07) is 2.76. The highest BCUT2D eigenvalue weighted by Gasteiger charge is 2.17. The van der Waals surface area contributed by atoms with Gasteiger partial charge in [0.1, 0.15) is 5.82 Å². The van der Waals surface area contributed by atoms with Gasteiger partial charge < -0.3 is 5.73 Å². The zero-order valence-electron chi connectivity index (χ0n) is 12.0. The molecule has 0 aromatic heterocycles. The number of sulfonamides is 2. The molecule has 0 saturated heterocycles. The summed E-state index contributed by atoms with van der Waals surface area (Å²) in [6.45, 7) is 1.87. The van der Waals surface area contributed by atoms with E-state index in [1.54, 1.807) is 6.92 Å². The molecule has 22 heavy (non-hydrogen) atoms. The molecule has 0 radical (unpaired) electrons. The minimum absolute atomic E-state index is 0. The van der Waals surface area contributed by atoms with Crippen LogP contribution in [0.5, 0.6) is 0 Å². The summed E-state index contributed by atoms with van der Waals surface area (Å²) >= 11 is 0. The van der Waals surface area contributed by atoms with Crippen LogP contribution < -0.4 is 15.2 Å². The number of benzene rings is 1. The molecule has 1 unspecified atom stereocenters. The molecule has 7 nitrogen and oxygen atoms in total. The Bertz CT molecular complexity index is 708. The first kappa shape index (κ1) is 21.1. The van der Waals surface area contributed by atoms with Crippen LogP contribution in [0.2, 0.25) is 0 Å². The molecule has 0 bridgehead atoms. The van der Waals surface area contributed by atoms with Crippen LogP contribution in [0, 0.1) is 5.82 Å². The minimum atomic E-state index is -3.86. The van der Waals surface area contributed by atoms with Crippen molar-refractivity contribution in [2.75, 3.05) is 17.5 Å². The average Bonchev–Trinajstić information content (AvgIpc) is 2.29. The van der Waals surface area contributed by atoms with Crippen LogP contribution in [-0.4, -0.2) is 35.7 Å². The van der Waals surface area contributed by atoms with Crippen molar-refractivity contribution in [3.8, 4) is 0 Å². The van der Waals surface area contributed by atoms with Gasteiger partial charge in [-0.2, -0.15) is 0 Å². The van der Waals surface area contributed by atoms with Gasteiger partial charge in [-0.05, 0) is 31.5 Å². The van der Waals surface area contributed by atoms with E-state index in [1.807, 2.05) is 4.72 Å². The lowest BCUT2D eigenvalue weighted by molar-refractivity contribution is 0.569. The number of nitrogens with one attached hydrogen (secondary N) is 2. The molecule has 0 spiro atoms. The zero-order chi connectivity index (χ0) is 16.3. The molecule has 0 saturated carbocycles. The first-order valence-corrected chi connectivity index (χ1v) is 9.41. The number of rotatable bonds is 7. The SMILES string of the molecule is CC(N)CCNS(=O)(=O)c1ccc(NS(C)(=O)=O)c(F)c1.Cl. The second kappa shape index (κ2) is 8.06. The van der Waals surface area contributed by atoms with E-state index in [0.29, 0.717) is 6.42 Å². The number of nitrogens with two attached hydrogens (primary N) is 1. The summed E-state index contributed by atoms with van der Waals surface area (Å²) in [7, 11) is -7.50. The Morgan fingerprint density at radius 3 is 2.32 bits per heavy atom. The molecule has 0 aliphatic carbocycles. The van der Waals surface area contributed by atoms with E-state index in [1.165, 1.54) is 0 Å². The van der Waals surface area contributed by atoms with Crippen molar-refractivity contribution < 1.29 is 21.2 Å². The summed E-state index contributed by atoms with van der Waals surface area (Å²) in [5.41, 5.74) is 5.19. The normalized spacial score (nSPS) is 13.3. The Morgan fingerprint density at radius 1 is 1.27 bits per heavy atom. The molecule has 1 rings (SSSR count). The van der Waals surface area contributed by atoms with Crippen molar-refractivity contribution in [1.29, 1.82) is 0 Å². The summed E-state index contributed by atoms with van der Waals surface area (Å²) < 4.78 is 63.8. The molecule has 0 heterocycles. The second-order valence-electron chi connectivity index (χ2n) is 4.68.